The van der Waals surface area contributed by atoms with Gasteiger partial charge in [0, 0.05) is 29.8 Å². The molecule has 0 aliphatic heterocycles. The average Bonchev–Trinajstić information content (AvgIpc) is 3.20. The van der Waals surface area contributed by atoms with E-state index in [1.165, 1.54) is 12.1 Å². The van der Waals surface area contributed by atoms with Crippen LogP contribution in [0.25, 0.3) is 0 Å². The first kappa shape index (κ1) is 13.3. The first-order chi connectivity index (χ1) is 10.1. The SMILES string of the molecule is O=C(Cc1cccc([N+](=O)[O-])c1)Nc1cc(C2CC2)[nH]n1. The van der Waals surface area contributed by atoms with Crippen LogP contribution in [0, 0.1) is 10.1 Å². The van der Waals surface area contributed by atoms with E-state index in [9.17, 15) is 14.9 Å². The zero-order valence-corrected chi connectivity index (χ0v) is 11.2. The summed E-state index contributed by atoms with van der Waals surface area (Å²) in [6.07, 6.45) is 2.39. The molecule has 2 N–H and O–H groups in total. The van der Waals surface area contributed by atoms with E-state index in [1.807, 2.05) is 6.07 Å². The van der Waals surface area contributed by atoms with Gasteiger partial charge < -0.3 is 5.32 Å². The van der Waals surface area contributed by atoms with E-state index < -0.39 is 4.92 Å². The summed E-state index contributed by atoms with van der Waals surface area (Å²) in [6, 6.07) is 7.90. The predicted molar refractivity (Wildman–Crippen MR) is 76.0 cm³/mol. The molecule has 0 atom stereocenters. The van der Waals surface area contributed by atoms with Gasteiger partial charge in [0.05, 0.1) is 11.3 Å². The second-order valence-corrected chi connectivity index (χ2v) is 5.13. The number of carbonyl (C=O) groups is 1. The molecule has 108 valence electrons. The van der Waals surface area contributed by atoms with Crippen LogP contribution in [0.15, 0.2) is 30.3 Å². The number of hydrogen-bond acceptors (Lipinski definition) is 4. The second kappa shape index (κ2) is 5.35. The van der Waals surface area contributed by atoms with Gasteiger partial charge in [0.25, 0.3) is 5.69 Å². The monoisotopic (exact) mass is 286 g/mol. The van der Waals surface area contributed by atoms with Gasteiger partial charge in [-0.1, -0.05) is 12.1 Å². The molecule has 1 heterocycles. The number of benzene rings is 1. The molecular weight excluding hydrogens is 272 g/mol. The quantitative estimate of drug-likeness (QED) is 0.650. The van der Waals surface area contributed by atoms with Gasteiger partial charge in [-0.3, -0.25) is 20.0 Å². The van der Waals surface area contributed by atoms with Gasteiger partial charge in [-0.15, -0.1) is 0 Å². The fourth-order valence-electron chi connectivity index (χ4n) is 2.16. The summed E-state index contributed by atoms with van der Waals surface area (Å²) in [5.74, 6) is 0.789. The number of hydrogen-bond donors (Lipinski definition) is 2. The molecule has 1 aliphatic rings. The average molecular weight is 286 g/mol. The molecule has 7 heteroatoms. The lowest BCUT2D eigenvalue weighted by molar-refractivity contribution is -0.384. The van der Waals surface area contributed by atoms with E-state index >= 15 is 0 Å². The van der Waals surface area contributed by atoms with Gasteiger partial charge in [-0.25, -0.2) is 0 Å². The van der Waals surface area contributed by atoms with Crippen LogP contribution in [-0.2, 0) is 11.2 Å². The van der Waals surface area contributed by atoms with Crippen molar-refractivity contribution in [3.8, 4) is 0 Å². The number of H-pyrrole nitrogens is 1. The zero-order valence-electron chi connectivity index (χ0n) is 11.2. The molecule has 1 amide bonds. The summed E-state index contributed by atoms with van der Waals surface area (Å²) in [4.78, 5) is 22.1. The number of rotatable bonds is 5. The maximum atomic E-state index is 11.9. The van der Waals surface area contributed by atoms with E-state index in [4.69, 9.17) is 0 Å². The smallest absolute Gasteiger partial charge is 0.269 e. The molecule has 7 nitrogen and oxygen atoms in total. The Kier molecular flexibility index (Phi) is 3.39. The van der Waals surface area contributed by atoms with Gasteiger partial charge in [-0.05, 0) is 18.4 Å². The number of nitrogens with zero attached hydrogens (tertiary/aromatic N) is 2. The van der Waals surface area contributed by atoms with E-state index in [0.717, 1.165) is 18.5 Å². The van der Waals surface area contributed by atoms with Crippen LogP contribution < -0.4 is 5.32 Å². The molecule has 0 unspecified atom stereocenters. The van der Waals surface area contributed by atoms with Crippen LogP contribution in [0.1, 0.15) is 30.0 Å². The topological polar surface area (TPSA) is 101 Å². The van der Waals surface area contributed by atoms with Crippen LogP contribution in [0.5, 0.6) is 0 Å². The van der Waals surface area contributed by atoms with E-state index in [0.29, 0.717) is 17.3 Å². The molecule has 0 saturated heterocycles. The van der Waals surface area contributed by atoms with E-state index in [1.54, 1.807) is 12.1 Å². The highest BCUT2D eigenvalue weighted by Crippen LogP contribution is 2.39. The fourth-order valence-corrected chi connectivity index (χ4v) is 2.16. The minimum absolute atomic E-state index is 0.0175. The summed E-state index contributed by atoms with van der Waals surface area (Å²) in [6.45, 7) is 0. The Morgan fingerprint density at radius 2 is 2.24 bits per heavy atom. The Morgan fingerprint density at radius 1 is 1.43 bits per heavy atom. The van der Waals surface area contributed by atoms with Crippen molar-refractivity contribution < 1.29 is 9.72 Å². The van der Waals surface area contributed by atoms with Crippen LogP contribution in [0.4, 0.5) is 11.5 Å². The van der Waals surface area contributed by atoms with Gasteiger partial charge in [0.15, 0.2) is 5.82 Å². The number of carbonyl (C=O) groups excluding carboxylic acids is 1. The van der Waals surface area contributed by atoms with Crippen LogP contribution in [0.2, 0.25) is 0 Å². The molecule has 0 spiro atoms. The normalized spacial score (nSPS) is 13.9. The van der Waals surface area contributed by atoms with Crippen molar-refractivity contribution in [2.45, 2.75) is 25.2 Å². The Bertz CT molecular complexity index is 691. The lowest BCUT2D eigenvalue weighted by Gasteiger charge is -2.02. The summed E-state index contributed by atoms with van der Waals surface area (Å²) in [5.41, 5.74) is 1.62. The van der Waals surface area contributed by atoms with Crippen molar-refractivity contribution in [1.82, 2.24) is 10.2 Å². The highest BCUT2D eigenvalue weighted by Gasteiger charge is 2.25. The molecular formula is C14H14N4O3. The van der Waals surface area contributed by atoms with Crippen molar-refractivity contribution >= 4 is 17.4 Å². The standard InChI is InChI=1S/C14H14N4O3/c19-14(7-9-2-1-3-11(6-9)18(20)21)15-13-8-12(16-17-13)10-4-5-10/h1-3,6,8,10H,4-5,7H2,(H2,15,16,17,19). The third-order valence-corrected chi connectivity index (χ3v) is 3.37. The molecule has 1 aromatic heterocycles. The Hall–Kier alpha value is -2.70. The Balaban J connectivity index is 1.62. The summed E-state index contributed by atoms with van der Waals surface area (Å²) in [7, 11) is 0. The summed E-state index contributed by atoms with van der Waals surface area (Å²) in [5, 5.41) is 20.3. The van der Waals surface area contributed by atoms with E-state index in [-0.39, 0.29) is 18.0 Å². The predicted octanol–water partition coefficient (Wildman–Crippen LogP) is 2.38. The Labute approximate surface area is 120 Å². The minimum atomic E-state index is -0.475. The number of anilines is 1. The first-order valence-electron chi connectivity index (χ1n) is 6.70. The molecule has 2 aromatic rings. The number of nitrogens with one attached hydrogen (secondary N) is 2. The number of non-ortho nitro benzene ring substituents is 1. The number of amides is 1. The molecule has 0 radical (unpaired) electrons. The molecule has 3 rings (SSSR count). The maximum absolute atomic E-state index is 11.9. The van der Waals surface area contributed by atoms with E-state index in [2.05, 4.69) is 15.5 Å². The van der Waals surface area contributed by atoms with Crippen molar-refractivity contribution in [2.24, 2.45) is 0 Å². The number of nitro benzene ring substituents is 1. The van der Waals surface area contributed by atoms with Crippen LogP contribution in [0.3, 0.4) is 0 Å². The lowest BCUT2D eigenvalue weighted by Crippen LogP contribution is -2.14. The second-order valence-electron chi connectivity index (χ2n) is 5.13. The molecule has 1 aromatic carbocycles. The van der Waals surface area contributed by atoms with Crippen molar-refractivity contribution in [3.63, 3.8) is 0 Å². The molecule has 1 saturated carbocycles. The van der Waals surface area contributed by atoms with Crippen LogP contribution >= 0.6 is 0 Å². The molecule has 0 bridgehead atoms. The van der Waals surface area contributed by atoms with Crippen molar-refractivity contribution in [3.05, 3.63) is 51.7 Å². The first-order valence-corrected chi connectivity index (χ1v) is 6.70. The zero-order chi connectivity index (χ0) is 14.8. The van der Waals surface area contributed by atoms with Gasteiger partial charge >= 0.3 is 0 Å². The van der Waals surface area contributed by atoms with Gasteiger partial charge in [-0.2, -0.15) is 5.10 Å². The van der Waals surface area contributed by atoms with Gasteiger partial charge in [0.2, 0.25) is 5.91 Å². The van der Waals surface area contributed by atoms with Crippen molar-refractivity contribution in [1.29, 1.82) is 0 Å². The largest absolute Gasteiger partial charge is 0.309 e. The van der Waals surface area contributed by atoms with Crippen LogP contribution in [-0.4, -0.2) is 21.0 Å². The summed E-state index contributed by atoms with van der Waals surface area (Å²) < 4.78 is 0. The molecule has 1 fully saturated rings. The lowest BCUT2D eigenvalue weighted by atomic mass is 10.1. The summed E-state index contributed by atoms with van der Waals surface area (Å²) >= 11 is 0. The Morgan fingerprint density at radius 3 is 2.95 bits per heavy atom. The number of aromatic amines is 1. The molecule has 21 heavy (non-hydrogen) atoms. The third kappa shape index (κ3) is 3.25. The minimum Gasteiger partial charge on any atom is -0.309 e. The number of aromatic nitrogens is 2. The number of nitro groups is 1. The van der Waals surface area contributed by atoms with Crippen molar-refractivity contribution in [2.75, 3.05) is 5.32 Å². The highest BCUT2D eigenvalue weighted by molar-refractivity contribution is 5.91. The maximum Gasteiger partial charge on any atom is 0.269 e. The van der Waals surface area contributed by atoms with Gasteiger partial charge in [0.1, 0.15) is 0 Å². The third-order valence-electron chi connectivity index (χ3n) is 3.37. The fraction of sp³-hybridized carbons (Fsp3) is 0.286. The highest BCUT2D eigenvalue weighted by atomic mass is 16.6. The molecule has 1 aliphatic carbocycles.